The van der Waals surface area contributed by atoms with Crippen molar-refractivity contribution in [3.63, 3.8) is 0 Å². The number of carbonyl (C=O) groups is 2. The first-order valence-electron chi connectivity index (χ1n) is 10.3. The Balaban J connectivity index is 1.57. The van der Waals surface area contributed by atoms with Gasteiger partial charge < -0.3 is 9.80 Å². The van der Waals surface area contributed by atoms with Crippen LogP contribution in [0, 0.1) is 19.7 Å². The number of nitrogens with one attached hydrogen (secondary N) is 1. The van der Waals surface area contributed by atoms with E-state index in [4.69, 9.17) is 0 Å². The summed E-state index contributed by atoms with van der Waals surface area (Å²) >= 11 is 0. The number of benzene rings is 1. The lowest BCUT2D eigenvalue weighted by Gasteiger charge is -2.43. The van der Waals surface area contributed by atoms with Gasteiger partial charge in [-0.25, -0.2) is 9.49 Å². The molecule has 0 bridgehead atoms. The average Bonchev–Trinajstić information content (AvgIpc) is 2.75. The quantitative estimate of drug-likeness (QED) is 0.835. The van der Waals surface area contributed by atoms with Gasteiger partial charge in [0, 0.05) is 31.1 Å². The molecular formula is C22H25FN4O3. The van der Waals surface area contributed by atoms with Gasteiger partial charge >= 0.3 is 0 Å². The molecule has 7 nitrogen and oxygen atoms in total. The SMILES string of the molecule is Cc1c(Cc2ccc(F)c(C(=O)N3CC(=O)N4CCCCC4C3)c2)n[nH]c(=O)c1C. The van der Waals surface area contributed by atoms with Crippen molar-refractivity contribution in [1.82, 2.24) is 20.0 Å². The van der Waals surface area contributed by atoms with Gasteiger partial charge in [-0.3, -0.25) is 14.4 Å². The molecule has 1 atom stereocenters. The van der Waals surface area contributed by atoms with Crippen molar-refractivity contribution >= 4 is 11.8 Å². The zero-order valence-electron chi connectivity index (χ0n) is 17.2. The maximum atomic E-state index is 14.5. The Bertz CT molecular complexity index is 1060. The van der Waals surface area contributed by atoms with Crippen LogP contribution in [0.2, 0.25) is 0 Å². The predicted octanol–water partition coefficient (Wildman–Crippen LogP) is 1.95. The van der Waals surface area contributed by atoms with E-state index < -0.39 is 11.7 Å². The van der Waals surface area contributed by atoms with E-state index in [1.807, 2.05) is 11.8 Å². The first-order valence-corrected chi connectivity index (χ1v) is 10.3. The summed E-state index contributed by atoms with van der Waals surface area (Å²) in [6, 6.07) is 4.43. The first-order chi connectivity index (χ1) is 14.3. The minimum atomic E-state index is -0.607. The monoisotopic (exact) mass is 412 g/mol. The van der Waals surface area contributed by atoms with E-state index in [-0.39, 0.29) is 29.6 Å². The molecule has 8 heteroatoms. The Hall–Kier alpha value is -3.03. The molecule has 2 aliphatic rings. The molecule has 3 heterocycles. The van der Waals surface area contributed by atoms with Crippen molar-refractivity contribution in [2.45, 2.75) is 45.6 Å². The Labute approximate surface area is 173 Å². The number of aromatic nitrogens is 2. The number of halogens is 1. The van der Waals surface area contributed by atoms with Crippen molar-refractivity contribution in [2.75, 3.05) is 19.6 Å². The summed E-state index contributed by atoms with van der Waals surface area (Å²) in [4.78, 5) is 40.5. The number of H-pyrrole nitrogens is 1. The van der Waals surface area contributed by atoms with E-state index in [2.05, 4.69) is 10.2 Å². The lowest BCUT2D eigenvalue weighted by Crippen LogP contribution is -2.59. The zero-order valence-corrected chi connectivity index (χ0v) is 17.2. The number of piperazine rings is 1. The molecule has 30 heavy (non-hydrogen) atoms. The normalized spacial score (nSPS) is 19.0. The minimum absolute atomic E-state index is 0.0151. The van der Waals surface area contributed by atoms with Crippen LogP contribution < -0.4 is 5.56 Å². The standard InChI is InChI=1S/C22H25FN4O3/c1-13-14(2)21(29)25-24-19(13)10-15-6-7-18(23)17(9-15)22(30)26-11-16-5-3-4-8-27(16)20(28)12-26/h6-7,9,16H,3-5,8,10-12H2,1-2H3,(H,25,29). The molecule has 0 spiro atoms. The van der Waals surface area contributed by atoms with Crippen LogP contribution in [0.15, 0.2) is 23.0 Å². The van der Waals surface area contributed by atoms with Crippen LogP contribution in [0.4, 0.5) is 4.39 Å². The Kier molecular flexibility index (Phi) is 5.40. The summed E-state index contributed by atoms with van der Waals surface area (Å²) in [5, 5.41) is 6.56. The van der Waals surface area contributed by atoms with Crippen molar-refractivity contribution in [3.05, 3.63) is 62.3 Å². The molecule has 2 aromatic rings. The molecule has 2 fully saturated rings. The smallest absolute Gasteiger partial charge is 0.267 e. The molecule has 0 radical (unpaired) electrons. The highest BCUT2D eigenvalue weighted by molar-refractivity contribution is 5.97. The van der Waals surface area contributed by atoms with Gasteiger partial charge in [-0.05, 0) is 56.4 Å². The Morgan fingerprint density at radius 3 is 2.83 bits per heavy atom. The van der Waals surface area contributed by atoms with Crippen LogP contribution in [0.25, 0.3) is 0 Å². The molecule has 1 N–H and O–H groups in total. The third kappa shape index (κ3) is 3.74. The second kappa shape index (κ2) is 8.01. The van der Waals surface area contributed by atoms with Crippen molar-refractivity contribution in [2.24, 2.45) is 0 Å². The Morgan fingerprint density at radius 1 is 1.23 bits per heavy atom. The average molecular weight is 412 g/mol. The van der Waals surface area contributed by atoms with Crippen molar-refractivity contribution in [1.29, 1.82) is 0 Å². The van der Waals surface area contributed by atoms with Crippen LogP contribution in [0.5, 0.6) is 0 Å². The summed E-state index contributed by atoms with van der Waals surface area (Å²) < 4.78 is 14.5. The van der Waals surface area contributed by atoms with E-state index in [9.17, 15) is 18.8 Å². The molecule has 4 rings (SSSR count). The highest BCUT2D eigenvalue weighted by atomic mass is 19.1. The number of aromatic amines is 1. The fourth-order valence-corrected chi connectivity index (χ4v) is 4.30. The summed E-state index contributed by atoms with van der Waals surface area (Å²) in [5.74, 6) is -1.14. The van der Waals surface area contributed by atoms with Gasteiger partial charge in [0.2, 0.25) is 5.91 Å². The topological polar surface area (TPSA) is 86.4 Å². The largest absolute Gasteiger partial charge is 0.336 e. The maximum Gasteiger partial charge on any atom is 0.267 e. The second-order valence-electron chi connectivity index (χ2n) is 8.16. The molecule has 2 saturated heterocycles. The van der Waals surface area contributed by atoms with Crippen LogP contribution in [0.1, 0.15) is 52.0 Å². The number of nitrogens with zero attached hydrogens (tertiary/aromatic N) is 3. The highest BCUT2D eigenvalue weighted by Crippen LogP contribution is 2.24. The van der Waals surface area contributed by atoms with Gasteiger partial charge in [-0.1, -0.05) is 6.07 Å². The Morgan fingerprint density at radius 2 is 2.03 bits per heavy atom. The van der Waals surface area contributed by atoms with E-state index in [0.29, 0.717) is 29.8 Å². The fourth-order valence-electron chi connectivity index (χ4n) is 4.30. The van der Waals surface area contributed by atoms with Crippen LogP contribution in [0.3, 0.4) is 0 Å². The van der Waals surface area contributed by atoms with Gasteiger partial charge in [-0.15, -0.1) is 0 Å². The molecule has 0 aliphatic carbocycles. The highest BCUT2D eigenvalue weighted by Gasteiger charge is 2.36. The van der Waals surface area contributed by atoms with Crippen molar-refractivity contribution < 1.29 is 14.0 Å². The summed E-state index contributed by atoms with van der Waals surface area (Å²) in [6.07, 6.45) is 3.25. The van der Waals surface area contributed by atoms with E-state index in [1.54, 1.807) is 13.0 Å². The molecule has 1 aromatic heterocycles. The number of amides is 2. The lowest BCUT2D eigenvalue weighted by molar-refractivity contribution is -0.140. The van der Waals surface area contributed by atoms with Crippen LogP contribution in [-0.2, 0) is 11.2 Å². The van der Waals surface area contributed by atoms with Gasteiger partial charge in [-0.2, -0.15) is 5.10 Å². The van der Waals surface area contributed by atoms with Crippen LogP contribution in [-0.4, -0.2) is 57.5 Å². The lowest BCUT2D eigenvalue weighted by atomic mass is 9.98. The number of rotatable bonds is 3. The molecular weight excluding hydrogens is 387 g/mol. The van der Waals surface area contributed by atoms with Gasteiger partial charge in [0.15, 0.2) is 0 Å². The van der Waals surface area contributed by atoms with Crippen LogP contribution >= 0.6 is 0 Å². The summed E-state index contributed by atoms with van der Waals surface area (Å²) in [7, 11) is 0. The number of fused-ring (bicyclic) bond motifs is 1. The van der Waals surface area contributed by atoms with Crippen molar-refractivity contribution in [3.8, 4) is 0 Å². The van der Waals surface area contributed by atoms with Gasteiger partial charge in [0.1, 0.15) is 12.4 Å². The minimum Gasteiger partial charge on any atom is -0.336 e. The molecule has 0 saturated carbocycles. The first kappa shape index (κ1) is 20.3. The van der Waals surface area contributed by atoms with Gasteiger partial charge in [0.25, 0.3) is 11.5 Å². The second-order valence-corrected chi connectivity index (χ2v) is 8.16. The van der Waals surface area contributed by atoms with E-state index in [1.165, 1.54) is 17.0 Å². The number of hydrogen-bond acceptors (Lipinski definition) is 4. The third-order valence-electron chi connectivity index (χ3n) is 6.25. The van der Waals surface area contributed by atoms with Gasteiger partial charge in [0.05, 0.1) is 11.3 Å². The summed E-state index contributed by atoms with van der Waals surface area (Å²) in [5.41, 5.74) is 2.46. The van der Waals surface area contributed by atoms with E-state index in [0.717, 1.165) is 31.4 Å². The predicted molar refractivity (Wildman–Crippen MR) is 109 cm³/mol. The third-order valence-corrected chi connectivity index (χ3v) is 6.25. The number of hydrogen-bond donors (Lipinski definition) is 1. The zero-order chi connectivity index (χ0) is 21.4. The summed E-state index contributed by atoms with van der Waals surface area (Å²) in [6.45, 7) is 4.70. The number of carbonyl (C=O) groups excluding carboxylic acids is 2. The fraction of sp³-hybridized carbons (Fsp3) is 0.455. The molecule has 2 aliphatic heterocycles. The molecule has 1 aromatic carbocycles. The number of piperidine rings is 1. The maximum absolute atomic E-state index is 14.5. The molecule has 2 amide bonds. The van der Waals surface area contributed by atoms with E-state index >= 15 is 0 Å². The molecule has 1 unspecified atom stereocenters. The molecule has 158 valence electrons.